The van der Waals surface area contributed by atoms with Gasteiger partial charge in [-0.3, -0.25) is 14.2 Å². The Hall–Kier alpha value is -1.77. The molecule has 9 nitrogen and oxygen atoms in total. The van der Waals surface area contributed by atoms with Crippen LogP contribution in [0, 0.1) is 0 Å². The largest absolute Gasteiger partial charge is 0.756 e. The van der Waals surface area contributed by atoms with Gasteiger partial charge in [0.15, 0.2) is 6.10 Å². The first kappa shape index (κ1) is 70.2. The van der Waals surface area contributed by atoms with Gasteiger partial charge in [0, 0.05) is 12.8 Å². The Morgan fingerprint density at radius 1 is 0.431 bits per heavy atom. The number of unbranched alkanes of at least 4 members (excludes halogenated alkanes) is 37. The van der Waals surface area contributed by atoms with Gasteiger partial charge in [-0.1, -0.05) is 269 Å². The fourth-order valence-corrected chi connectivity index (χ4v) is 9.63. The highest BCUT2D eigenvalue weighted by molar-refractivity contribution is 7.45. The quantitative estimate of drug-likeness (QED) is 0.0195. The first-order valence-corrected chi connectivity index (χ1v) is 32.2. The Bertz CT molecular complexity index is 1310. The van der Waals surface area contributed by atoms with Gasteiger partial charge in [-0.25, -0.2) is 0 Å². The van der Waals surface area contributed by atoms with Crippen molar-refractivity contribution in [2.45, 2.75) is 302 Å². The second-order valence-corrected chi connectivity index (χ2v) is 23.5. The molecule has 0 rings (SSSR count). The van der Waals surface area contributed by atoms with E-state index in [1.807, 2.05) is 21.1 Å². The zero-order valence-electron chi connectivity index (χ0n) is 48.1. The summed E-state index contributed by atoms with van der Waals surface area (Å²) in [5.41, 5.74) is 0. The number of carbonyl (C=O) groups is 2. The molecule has 0 amide bonds. The third kappa shape index (κ3) is 57.5. The maximum absolute atomic E-state index is 12.7. The maximum atomic E-state index is 12.7. The number of quaternary nitrogens is 1. The summed E-state index contributed by atoms with van der Waals surface area (Å²) in [6.07, 6.45) is 67.0. The summed E-state index contributed by atoms with van der Waals surface area (Å²) in [5.74, 6) is -0.827. The number of phosphoric ester groups is 1. The number of esters is 2. The molecule has 0 radical (unpaired) electrons. The van der Waals surface area contributed by atoms with E-state index in [-0.39, 0.29) is 32.0 Å². The molecule has 72 heavy (non-hydrogen) atoms. The number of likely N-dealkylation sites (N-methyl/N-ethyl adjacent to an activating group) is 1. The van der Waals surface area contributed by atoms with Crippen molar-refractivity contribution in [3.63, 3.8) is 0 Å². The molecular weight excluding hydrogens is 918 g/mol. The van der Waals surface area contributed by atoms with Crippen molar-refractivity contribution < 1.29 is 42.1 Å². The highest BCUT2D eigenvalue weighted by atomic mass is 31.2. The molecule has 2 atom stereocenters. The molecule has 0 bridgehead atoms. The first-order chi connectivity index (χ1) is 35.0. The summed E-state index contributed by atoms with van der Waals surface area (Å²) in [7, 11) is 1.18. The monoisotopic (exact) mass is 1040 g/mol. The maximum Gasteiger partial charge on any atom is 0.306 e. The van der Waals surface area contributed by atoms with Crippen LogP contribution in [-0.4, -0.2) is 70.0 Å². The van der Waals surface area contributed by atoms with Crippen molar-refractivity contribution in [1.82, 2.24) is 0 Å². The SMILES string of the molecule is CCCCCCC/C=C\C/C=C\C/C=C\CCCCCCCCCCCCCCCCCCCCCCCCCCCCC(=O)OC(COC(=O)CCCCCCCCC)COP(=O)([O-])OCC[N+](C)(C)C. The number of carbonyl (C=O) groups excluding carboxylic acids is 2. The number of rotatable bonds is 57. The molecule has 2 unspecified atom stereocenters. The first-order valence-electron chi connectivity index (χ1n) is 30.7. The predicted molar refractivity (Wildman–Crippen MR) is 305 cm³/mol. The van der Waals surface area contributed by atoms with Crippen molar-refractivity contribution in [1.29, 1.82) is 0 Å². The highest BCUT2D eigenvalue weighted by Crippen LogP contribution is 2.38. The third-order valence-corrected chi connectivity index (χ3v) is 14.6. The van der Waals surface area contributed by atoms with Gasteiger partial charge in [0.25, 0.3) is 7.82 Å². The molecule has 10 heteroatoms. The zero-order chi connectivity index (χ0) is 52.7. The Labute approximate surface area is 446 Å². The molecule has 0 N–H and O–H groups in total. The zero-order valence-corrected chi connectivity index (χ0v) is 49.0. The number of hydrogen-bond acceptors (Lipinski definition) is 8. The smallest absolute Gasteiger partial charge is 0.306 e. The van der Waals surface area contributed by atoms with Gasteiger partial charge in [0.05, 0.1) is 27.7 Å². The number of phosphoric acid groups is 1. The van der Waals surface area contributed by atoms with E-state index in [9.17, 15) is 19.0 Å². The molecule has 0 spiro atoms. The summed E-state index contributed by atoms with van der Waals surface area (Å²) in [5, 5.41) is 0. The minimum atomic E-state index is -4.62. The van der Waals surface area contributed by atoms with Crippen LogP contribution in [0.4, 0.5) is 0 Å². The molecule has 0 fully saturated rings. The van der Waals surface area contributed by atoms with E-state index in [0.29, 0.717) is 17.4 Å². The molecule has 0 heterocycles. The molecule has 0 aromatic rings. The number of hydrogen-bond donors (Lipinski definition) is 0. The van der Waals surface area contributed by atoms with Crippen LogP contribution >= 0.6 is 7.82 Å². The molecule has 0 aromatic heterocycles. The standard InChI is InChI=1S/C62H118NO8P/c1-6-8-10-12-14-15-16-17-18-19-20-21-22-23-24-25-26-27-28-29-30-31-32-33-34-35-36-37-38-39-40-41-42-43-44-45-46-47-49-51-53-55-62(65)71-60(59-70-72(66,67)69-57-56-63(3,4)5)58-68-61(64)54-52-50-48-13-11-9-7-2/h16-17,19-20,22-23,60H,6-15,18,21,24-59H2,1-5H3/b17-16-,20-19-,23-22-. The Morgan fingerprint density at radius 2 is 0.750 bits per heavy atom. The molecule has 0 aliphatic heterocycles. The molecule has 0 aliphatic carbocycles. The van der Waals surface area contributed by atoms with Crippen LogP contribution in [-0.2, 0) is 32.7 Å². The van der Waals surface area contributed by atoms with E-state index >= 15 is 0 Å². The van der Waals surface area contributed by atoms with E-state index < -0.39 is 26.5 Å². The van der Waals surface area contributed by atoms with E-state index in [2.05, 4.69) is 50.3 Å². The number of allylic oxidation sites excluding steroid dienone is 6. The van der Waals surface area contributed by atoms with E-state index in [1.54, 1.807) is 0 Å². The van der Waals surface area contributed by atoms with E-state index in [4.69, 9.17) is 18.5 Å². The second-order valence-electron chi connectivity index (χ2n) is 22.1. The Balaban J connectivity index is 3.74. The summed E-state index contributed by atoms with van der Waals surface area (Å²) in [6.45, 7) is 4.20. The molecule has 424 valence electrons. The van der Waals surface area contributed by atoms with Crippen molar-refractivity contribution in [2.75, 3.05) is 47.5 Å². The minimum absolute atomic E-state index is 0.0277. The van der Waals surface area contributed by atoms with Crippen LogP contribution in [0.15, 0.2) is 36.5 Å². The van der Waals surface area contributed by atoms with E-state index in [1.165, 1.54) is 218 Å². The average molecular weight is 1040 g/mol. The summed E-state index contributed by atoms with van der Waals surface area (Å²) in [4.78, 5) is 37.5. The summed E-state index contributed by atoms with van der Waals surface area (Å²) >= 11 is 0. The number of nitrogens with zero attached hydrogens (tertiary/aromatic N) is 1. The van der Waals surface area contributed by atoms with Crippen LogP contribution in [0.25, 0.3) is 0 Å². The van der Waals surface area contributed by atoms with E-state index in [0.717, 1.165) is 44.9 Å². The highest BCUT2D eigenvalue weighted by Gasteiger charge is 2.22. The van der Waals surface area contributed by atoms with Crippen LogP contribution in [0.1, 0.15) is 296 Å². The van der Waals surface area contributed by atoms with Gasteiger partial charge in [-0.2, -0.15) is 0 Å². The fraction of sp³-hybridized carbons (Fsp3) is 0.871. The Kier molecular flexibility index (Phi) is 52.7. The molecule has 0 saturated carbocycles. The van der Waals surface area contributed by atoms with Gasteiger partial charge < -0.3 is 27.9 Å². The molecular formula is C62H118NO8P. The summed E-state index contributed by atoms with van der Waals surface area (Å²) in [6, 6.07) is 0. The third-order valence-electron chi connectivity index (χ3n) is 13.7. The average Bonchev–Trinajstić information content (AvgIpc) is 3.34. The van der Waals surface area contributed by atoms with Crippen molar-refractivity contribution in [2.24, 2.45) is 0 Å². The molecule has 0 aliphatic rings. The lowest BCUT2D eigenvalue weighted by atomic mass is 10.0. The van der Waals surface area contributed by atoms with Gasteiger partial charge in [0.2, 0.25) is 0 Å². The second kappa shape index (κ2) is 54.0. The van der Waals surface area contributed by atoms with Gasteiger partial charge in [0.1, 0.15) is 19.8 Å². The van der Waals surface area contributed by atoms with Gasteiger partial charge >= 0.3 is 11.9 Å². The van der Waals surface area contributed by atoms with Crippen molar-refractivity contribution in [3.8, 4) is 0 Å². The lowest BCUT2D eigenvalue weighted by Gasteiger charge is -2.28. The predicted octanol–water partition coefficient (Wildman–Crippen LogP) is 18.5. The minimum Gasteiger partial charge on any atom is -0.756 e. The van der Waals surface area contributed by atoms with Crippen LogP contribution in [0.5, 0.6) is 0 Å². The van der Waals surface area contributed by atoms with Crippen molar-refractivity contribution >= 4 is 19.8 Å². The fourth-order valence-electron chi connectivity index (χ4n) is 8.90. The summed E-state index contributed by atoms with van der Waals surface area (Å²) < 4.78 is 33.9. The Morgan fingerprint density at radius 3 is 1.11 bits per heavy atom. The topological polar surface area (TPSA) is 111 Å². The van der Waals surface area contributed by atoms with Gasteiger partial charge in [-0.15, -0.1) is 0 Å². The van der Waals surface area contributed by atoms with Crippen molar-refractivity contribution in [3.05, 3.63) is 36.5 Å². The molecule has 0 saturated heterocycles. The lowest BCUT2D eigenvalue weighted by Crippen LogP contribution is -2.37. The van der Waals surface area contributed by atoms with Crippen LogP contribution < -0.4 is 4.89 Å². The normalized spacial score (nSPS) is 13.5. The van der Waals surface area contributed by atoms with Crippen LogP contribution in [0.2, 0.25) is 0 Å². The number of ether oxygens (including phenoxy) is 2. The van der Waals surface area contributed by atoms with Gasteiger partial charge in [-0.05, 0) is 51.4 Å². The molecule has 0 aromatic carbocycles. The van der Waals surface area contributed by atoms with Crippen LogP contribution in [0.3, 0.4) is 0 Å². The lowest BCUT2D eigenvalue weighted by molar-refractivity contribution is -0.870.